The van der Waals surface area contributed by atoms with Crippen molar-refractivity contribution in [3.63, 3.8) is 0 Å². The number of benzene rings is 1. The van der Waals surface area contributed by atoms with E-state index >= 15 is 0 Å². The van der Waals surface area contributed by atoms with Gasteiger partial charge in [0.15, 0.2) is 0 Å². The van der Waals surface area contributed by atoms with Crippen LogP contribution in [-0.4, -0.2) is 34.3 Å². The molecule has 0 bridgehead atoms. The van der Waals surface area contributed by atoms with E-state index in [1.54, 1.807) is 29.7 Å². The highest BCUT2D eigenvalue weighted by Gasteiger charge is 2.20. The molecule has 23 heavy (non-hydrogen) atoms. The van der Waals surface area contributed by atoms with E-state index in [0.29, 0.717) is 31.4 Å². The molecule has 0 radical (unpaired) electrons. The monoisotopic (exact) mass is 323 g/mol. The molecule has 0 saturated heterocycles. The van der Waals surface area contributed by atoms with Crippen LogP contribution in [0, 0.1) is 0 Å². The van der Waals surface area contributed by atoms with Gasteiger partial charge >= 0.3 is 6.09 Å². The molecule has 8 heteroatoms. The lowest BCUT2D eigenvalue weighted by atomic mass is 10.1. The second kappa shape index (κ2) is 10.2. The highest BCUT2D eigenvalue weighted by molar-refractivity contribution is 5.96. The topological polar surface area (TPSA) is 128 Å². The van der Waals surface area contributed by atoms with Crippen molar-refractivity contribution in [1.29, 1.82) is 0 Å². The summed E-state index contributed by atoms with van der Waals surface area (Å²) in [6, 6.07) is 7.90. The lowest BCUT2D eigenvalue weighted by Gasteiger charge is -2.16. The van der Waals surface area contributed by atoms with Gasteiger partial charge in [-0.3, -0.25) is 14.8 Å². The van der Waals surface area contributed by atoms with Crippen molar-refractivity contribution < 1.29 is 24.7 Å². The molecule has 0 aliphatic rings. The standard InChI is InChI=1S/C15H21N3O5/c19-13(18-23)10-6-2-5-9-12(17-15(21)22)14(20)16-11-7-3-1-4-8-11/h1,3-4,7-8,12,17,23H,2,5-6,9-10H2,(H,16,20)(H,18,19)(H,21,22)/t12-/m0/s1. The number of unbranched alkanes of at least 4 members (excludes halogenated alkanes) is 2. The van der Waals surface area contributed by atoms with E-state index in [1.807, 2.05) is 6.07 Å². The molecule has 1 aromatic rings. The molecule has 1 atom stereocenters. The molecule has 0 aliphatic carbocycles. The molecule has 3 amide bonds. The number of hydroxylamine groups is 1. The first-order chi connectivity index (χ1) is 11.0. The molecule has 5 N–H and O–H groups in total. The number of hydrogen-bond acceptors (Lipinski definition) is 4. The van der Waals surface area contributed by atoms with Crippen LogP contribution in [0.15, 0.2) is 30.3 Å². The van der Waals surface area contributed by atoms with E-state index in [2.05, 4.69) is 10.6 Å². The second-order valence-corrected chi connectivity index (χ2v) is 4.99. The number of nitrogens with one attached hydrogen (secondary N) is 3. The maximum absolute atomic E-state index is 12.1. The van der Waals surface area contributed by atoms with E-state index < -0.39 is 23.9 Å². The fourth-order valence-corrected chi connectivity index (χ4v) is 2.04. The number of carbonyl (C=O) groups excluding carboxylic acids is 2. The Morgan fingerprint density at radius 2 is 1.74 bits per heavy atom. The maximum atomic E-state index is 12.1. The molecule has 0 spiro atoms. The van der Waals surface area contributed by atoms with Gasteiger partial charge in [-0.1, -0.05) is 31.0 Å². The first-order valence-corrected chi connectivity index (χ1v) is 7.31. The van der Waals surface area contributed by atoms with Crippen LogP contribution in [-0.2, 0) is 9.59 Å². The van der Waals surface area contributed by atoms with Gasteiger partial charge in [0.25, 0.3) is 0 Å². The number of anilines is 1. The van der Waals surface area contributed by atoms with Gasteiger partial charge < -0.3 is 15.7 Å². The van der Waals surface area contributed by atoms with Gasteiger partial charge in [-0.05, 0) is 25.0 Å². The third-order valence-corrected chi connectivity index (χ3v) is 3.18. The van der Waals surface area contributed by atoms with Crippen molar-refractivity contribution in [2.75, 3.05) is 5.32 Å². The number of para-hydroxylation sites is 1. The van der Waals surface area contributed by atoms with Gasteiger partial charge in [0, 0.05) is 12.1 Å². The Morgan fingerprint density at radius 3 is 2.35 bits per heavy atom. The molecule has 0 aliphatic heterocycles. The van der Waals surface area contributed by atoms with Crippen LogP contribution in [0.25, 0.3) is 0 Å². The first kappa shape index (κ1) is 18.4. The smallest absolute Gasteiger partial charge is 0.405 e. The SMILES string of the molecule is O=C(O)N[C@@H](CCCCCC(=O)NO)C(=O)Nc1ccccc1. The minimum atomic E-state index is -1.27. The summed E-state index contributed by atoms with van der Waals surface area (Å²) in [6.07, 6.45) is 1.01. The van der Waals surface area contributed by atoms with Crippen LogP contribution < -0.4 is 16.1 Å². The van der Waals surface area contributed by atoms with Crippen LogP contribution in [0.5, 0.6) is 0 Å². The summed E-state index contributed by atoms with van der Waals surface area (Å²) >= 11 is 0. The van der Waals surface area contributed by atoms with E-state index in [0.717, 1.165) is 0 Å². The predicted molar refractivity (Wildman–Crippen MR) is 83.0 cm³/mol. The normalized spacial score (nSPS) is 11.3. The lowest BCUT2D eigenvalue weighted by Crippen LogP contribution is -2.43. The zero-order valence-corrected chi connectivity index (χ0v) is 12.6. The van der Waals surface area contributed by atoms with Gasteiger partial charge in [-0.2, -0.15) is 0 Å². The number of carbonyl (C=O) groups is 3. The largest absolute Gasteiger partial charge is 0.465 e. The Kier molecular flexibility index (Phi) is 8.16. The first-order valence-electron chi connectivity index (χ1n) is 7.31. The fraction of sp³-hybridized carbons (Fsp3) is 0.400. The number of hydrogen-bond donors (Lipinski definition) is 5. The van der Waals surface area contributed by atoms with Crippen LogP contribution >= 0.6 is 0 Å². The Labute approximate surface area is 133 Å². The van der Waals surface area contributed by atoms with Crippen molar-refractivity contribution in [3.05, 3.63) is 30.3 Å². The average Bonchev–Trinajstić information content (AvgIpc) is 2.53. The number of amides is 3. The van der Waals surface area contributed by atoms with E-state index in [4.69, 9.17) is 10.3 Å². The molecule has 0 unspecified atom stereocenters. The van der Waals surface area contributed by atoms with Crippen molar-refractivity contribution >= 4 is 23.6 Å². The maximum Gasteiger partial charge on any atom is 0.405 e. The van der Waals surface area contributed by atoms with Crippen molar-refractivity contribution in [1.82, 2.24) is 10.8 Å². The van der Waals surface area contributed by atoms with Crippen molar-refractivity contribution in [2.24, 2.45) is 0 Å². The Balaban J connectivity index is 2.43. The van der Waals surface area contributed by atoms with Crippen LogP contribution in [0.3, 0.4) is 0 Å². The lowest BCUT2D eigenvalue weighted by molar-refractivity contribution is -0.129. The Morgan fingerprint density at radius 1 is 1.04 bits per heavy atom. The van der Waals surface area contributed by atoms with E-state index in [-0.39, 0.29) is 6.42 Å². The zero-order chi connectivity index (χ0) is 17.1. The quantitative estimate of drug-likeness (QED) is 0.268. The summed E-state index contributed by atoms with van der Waals surface area (Å²) in [5.41, 5.74) is 2.14. The minimum absolute atomic E-state index is 0.184. The Hall–Kier alpha value is -2.61. The fourth-order valence-electron chi connectivity index (χ4n) is 2.04. The highest BCUT2D eigenvalue weighted by atomic mass is 16.5. The van der Waals surface area contributed by atoms with Gasteiger partial charge in [0.05, 0.1) is 0 Å². The summed E-state index contributed by atoms with van der Waals surface area (Å²) in [6.45, 7) is 0. The highest BCUT2D eigenvalue weighted by Crippen LogP contribution is 2.10. The van der Waals surface area contributed by atoms with Gasteiger partial charge in [-0.25, -0.2) is 10.3 Å². The summed E-state index contributed by atoms with van der Waals surface area (Å²) in [4.78, 5) is 33.8. The van der Waals surface area contributed by atoms with Gasteiger partial charge in [0.2, 0.25) is 11.8 Å². The molecule has 0 fully saturated rings. The summed E-state index contributed by atoms with van der Waals surface area (Å²) in [7, 11) is 0. The molecular formula is C15H21N3O5. The van der Waals surface area contributed by atoms with Crippen LogP contribution in [0.1, 0.15) is 32.1 Å². The second-order valence-electron chi connectivity index (χ2n) is 4.99. The number of carboxylic acid groups (broad SMARTS) is 1. The van der Waals surface area contributed by atoms with Crippen molar-refractivity contribution in [2.45, 2.75) is 38.1 Å². The molecular weight excluding hydrogens is 302 g/mol. The molecule has 0 saturated carbocycles. The molecule has 0 aromatic heterocycles. The minimum Gasteiger partial charge on any atom is -0.465 e. The molecule has 126 valence electrons. The zero-order valence-electron chi connectivity index (χ0n) is 12.6. The summed E-state index contributed by atoms with van der Waals surface area (Å²) in [5.74, 6) is -0.890. The summed E-state index contributed by atoms with van der Waals surface area (Å²) in [5, 5.41) is 22.0. The van der Waals surface area contributed by atoms with Crippen molar-refractivity contribution in [3.8, 4) is 0 Å². The Bertz CT molecular complexity index is 521. The van der Waals surface area contributed by atoms with Crippen LogP contribution in [0.2, 0.25) is 0 Å². The van der Waals surface area contributed by atoms with Crippen LogP contribution in [0.4, 0.5) is 10.5 Å². The number of rotatable bonds is 9. The van der Waals surface area contributed by atoms with E-state index in [1.165, 1.54) is 0 Å². The third kappa shape index (κ3) is 7.82. The van der Waals surface area contributed by atoms with Gasteiger partial charge in [-0.15, -0.1) is 0 Å². The summed E-state index contributed by atoms with van der Waals surface area (Å²) < 4.78 is 0. The average molecular weight is 323 g/mol. The van der Waals surface area contributed by atoms with Gasteiger partial charge in [0.1, 0.15) is 6.04 Å². The predicted octanol–water partition coefficient (Wildman–Crippen LogP) is 1.72. The molecule has 8 nitrogen and oxygen atoms in total. The molecule has 1 aromatic carbocycles. The third-order valence-electron chi connectivity index (χ3n) is 3.18. The molecule has 1 rings (SSSR count). The molecule has 0 heterocycles. The van der Waals surface area contributed by atoms with E-state index in [9.17, 15) is 14.4 Å².